The summed E-state index contributed by atoms with van der Waals surface area (Å²) in [4.78, 5) is 13.5. The Hall–Kier alpha value is -2.15. The lowest BCUT2D eigenvalue weighted by Gasteiger charge is -2.33. The minimum atomic E-state index is 0.716. The van der Waals surface area contributed by atoms with Crippen LogP contribution in [0.3, 0.4) is 0 Å². The van der Waals surface area contributed by atoms with Crippen LogP contribution < -0.4 is 9.80 Å². The molecule has 0 N–H and O–H groups in total. The maximum absolute atomic E-state index is 5.88. The molecule has 1 aromatic carbocycles. The van der Waals surface area contributed by atoms with Gasteiger partial charge >= 0.3 is 0 Å². The van der Waals surface area contributed by atoms with Gasteiger partial charge in [-0.1, -0.05) is 6.07 Å². The van der Waals surface area contributed by atoms with Crippen LogP contribution in [0.5, 0.6) is 0 Å². The van der Waals surface area contributed by atoms with Crippen LogP contribution in [0.25, 0.3) is 11.1 Å². The Kier molecular flexibility index (Phi) is 3.22. The standard InChI is InChI=1S/C15H17N5OS/c1-10-3-4-13-12(9-10)17-14(21-13)19-5-7-20(8-6-19)15-16-11(2)18-22-15/h3-4,9H,5-8H2,1-2H3. The summed E-state index contributed by atoms with van der Waals surface area (Å²) in [6.07, 6.45) is 0. The molecule has 3 aromatic rings. The average molecular weight is 315 g/mol. The molecule has 3 heterocycles. The van der Waals surface area contributed by atoms with Crippen LogP contribution in [-0.4, -0.2) is 40.5 Å². The van der Waals surface area contributed by atoms with Crippen LogP contribution >= 0.6 is 11.5 Å². The number of benzene rings is 1. The van der Waals surface area contributed by atoms with E-state index in [0.717, 1.165) is 48.2 Å². The normalized spacial score (nSPS) is 15.7. The fourth-order valence-electron chi connectivity index (χ4n) is 2.66. The molecule has 1 aliphatic heterocycles. The van der Waals surface area contributed by atoms with Gasteiger partial charge in [-0.25, -0.2) is 4.98 Å². The van der Waals surface area contributed by atoms with Gasteiger partial charge in [0, 0.05) is 37.7 Å². The molecule has 6 nitrogen and oxygen atoms in total. The average Bonchev–Trinajstić information content (AvgIpc) is 3.13. The highest BCUT2D eigenvalue weighted by Crippen LogP contribution is 2.25. The Balaban J connectivity index is 1.50. The van der Waals surface area contributed by atoms with Crippen molar-refractivity contribution in [1.82, 2.24) is 14.3 Å². The van der Waals surface area contributed by atoms with Gasteiger partial charge in [-0.2, -0.15) is 9.36 Å². The highest BCUT2D eigenvalue weighted by atomic mass is 32.1. The van der Waals surface area contributed by atoms with Gasteiger partial charge in [-0.05, 0) is 31.5 Å². The highest BCUT2D eigenvalue weighted by Gasteiger charge is 2.22. The molecule has 1 saturated heterocycles. The van der Waals surface area contributed by atoms with E-state index < -0.39 is 0 Å². The lowest BCUT2D eigenvalue weighted by Crippen LogP contribution is -2.46. The Morgan fingerprint density at radius 1 is 1.05 bits per heavy atom. The number of hydrogen-bond acceptors (Lipinski definition) is 7. The molecule has 0 saturated carbocycles. The Morgan fingerprint density at radius 3 is 2.55 bits per heavy atom. The maximum Gasteiger partial charge on any atom is 0.298 e. The molecule has 4 rings (SSSR count). The lowest BCUT2D eigenvalue weighted by atomic mass is 10.2. The molecule has 0 aliphatic carbocycles. The molecule has 114 valence electrons. The largest absolute Gasteiger partial charge is 0.423 e. The van der Waals surface area contributed by atoms with E-state index in [9.17, 15) is 0 Å². The molecular weight excluding hydrogens is 298 g/mol. The molecule has 2 aromatic heterocycles. The number of nitrogens with zero attached hydrogens (tertiary/aromatic N) is 5. The third-order valence-corrected chi connectivity index (χ3v) is 4.74. The second-order valence-corrected chi connectivity index (χ2v) is 6.30. The molecule has 7 heteroatoms. The summed E-state index contributed by atoms with van der Waals surface area (Å²) < 4.78 is 10.1. The predicted octanol–water partition coefficient (Wildman–Crippen LogP) is 2.62. The van der Waals surface area contributed by atoms with Crippen molar-refractivity contribution in [2.75, 3.05) is 36.0 Å². The molecule has 0 atom stereocenters. The van der Waals surface area contributed by atoms with E-state index >= 15 is 0 Å². The third-order valence-electron chi connectivity index (χ3n) is 3.87. The van der Waals surface area contributed by atoms with Gasteiger partial charge in [0.05, 0.1) is 0 Å². The predicted molar refractivity (Wildman–Crippen MR) is 87.8 cm³/mol. The minimum absolute atomic E-state index is 0.716. The first kappa shape index (κ1) is 13.5. The van der Waals surface area contributed by atoms with Gasteiger partial charge in [0.2, 0.25) is 5.13 Å². The number of fused-ring (bicyclic) bond motifs is 1. The van der Waals surface area contributed by atoms with Crippen molar-refractivity contribution in [3.63, 3.8) is 0 Å². The Morgan fingerprint density at radius 2 is 1.82 bits per heavy atom. The number of anilines is 2. The molecule has 1 aliphatic rings. The number of rotatable bonds is 2. The molecule has 22 heavy (non-hydrogen) atoms. The molecule has 0 spiro atoms. The molecule has 0 amide bonds. The van der Waals surface area contributed by atoms with Gasteiger partial charge in [0.25, 0.3) is 6.01 Å². The SMILES string of the molecule is Cc1ccc2oc(N3CCN(c4nc(C)ns4)CC3)nc2c1. The van der Waals surface area contributed by atoms with E-state index in [1.807, 2.05) is 19.1 Å². The van der Waals surface area contributed by atoms with E-state index in [0.29, 0.717) is 6.01 Å². The Labute approximate surface area is 132 Å². The van der Waals surface area contributed by atoms with Crippen LogP contribution in [0, 0.1) is 13.8 Å². The molecule has 0 unspecified atom stereocenters. The zero-order valence-electron chi connectivity index (χ0n) is 12.6. The van der Waals surface area contributed by atoms with Gasteiger partial charge in [-0.15, -0.1) is 0 Å². The van der Waals surface area contributed by atoms with Crippen LogP contribution in [-0.2, 0) is 0 Å². The van der Waals surface area contributed by atoms with Crippen molar-refractivity contribution in [3.8, 4) is 0 Å². The summed E-state index contributed by atoms with van der Waals surface area (Å²) in [5.74, 6) is 0.844. The first-order chi connectivity index (χ1) is 10.7. The summed E-state index contributed by atoms with van der Waals surface area (Å²) in [5.41, 5.74) is 2.98. The van der Waals surface area contributed by atoms with Crippen molar-refractivity contribution < 1.29 is 4.42 Å². The number of piperazine rings is 1. The van der Waals surface area contributed by atoms with Crippen molar-refractivity contribution in [2.45, 2.75) is 13.8 Å². The van der Waals surface area contributed by atoms with Crippen LogP contribution in [0.2, 0.25) is 0 Å². The number of aromatic nitrogens is 3. The summed E-state index contributed by atoms with van der Waals surface area (Å²) in [6.45, 7) is 7.57. The zero-order valence-corrected chi connectivity index (χ0v) is 13.4. The number of hydrogen-bond donors (Lipinski definition) is 0. The maximum atomic E-state index is 5.88. The topological polar surface area (TPSA) is 58.3 Å². The highest BCUT2D eigenvalue weighted by molar-refractivity contribution is 7.09. The van der Waals surface area contributed by atoms with Gasteiger partial charge in [-0.3, -0.25) is 0 Å². The lowest BCUT2D eigenvalue weighted by molar-refractivity contribution is 0.541. The quantitative estimate of drug-likeness (QED) is 0.724. The Bertz CT molecular complexity index is 803. The van der Waals surface area contributed by atoms with Crippen molar-refractivity contribution in [1.29, 1.82) is 0 Å². The summed E-state index contributed by atoms with van der Waals surface area (Å²) in [7, 11) is 0. The van der Waals surface area contributed by atoms with Crippen LogP contribution in [0.1, 0.15) is 11.4 Å². The summed E-state index contributed by atoms with van der Waals surface area (Å²) in [6, 6.07) is 6.81. The van der Waals surface area contributed by atoms with E-state index in [2.05, 4.69) is 37.1 Å². The van der Waals surface area contributed by atoms with E-state index in [-0.39, 0.29) is 0 Å². The monoisotopic (exact) mass is 315 g/mol. The fourth-order valence-corrected chi connectivity index (χ4v) is 3.39. The first-order valence-electron chi connectivity index (χ1n) is 7.36. The van der Waals surface area contributed by atoms with E-state index in [4.69, 9.17) is 4.42 Å². The molecule has 0 bridgehead atoms. The first-order valence-corrected chi connectivity index (χ1v) is 8.14. The molecular formula is C15H17N5OS. The number of aryl methyl sites for hydroxylation is 2. The van der Waals surface area contributed by atoms with E-state index in [1.165, 1.54) is 17.1 Å². The second-order valence-electron chi connectivity index (χ2n) is 5.57. The summed E-state index contributed by atoms with van der Waals surface area (Å²) in [5, 5.41) is 1.00. The van der Waals surface area contributed by atoms with Crippen molar-refractivity contribution in [3.05, 3.63) is 29.6 Å². The summed E-state index contributed by atoms with van der Waals surface area (Å²) >= 11 is 1.47. The van der Waals surface area contributed by atoms with Crippen LogP contribution in [0.15, 0.2) is 22.6 Å². The van der Waals surface area contributed by atoms with Crippen LogP contribution in [0.4, 0.5) is 11.1 Å². The smallest absolute Gasteiger partial charge is 0.298 e. The van der Waals surface area contributed by atoms with Gasteiger partial charge < -0.3 is 14.2 Å². The van der Waals surface area contributed by atoms with E-state index in [1.54, 1.807) is 0 Å². The van der Waals surface area contributed by atoms with Gasteiger partial charge in [0.1, 0.15) is 11.3 Å². The molecule has 1 fully saturated rings. The molecule has 0 radical (unpaired) electrons. The van der Waals surface area contributed by atoms with Crippen molar-refractivity contribution in [2.24, 2.45) is 0 Å². The van der Waals surface area contributed by atoms with Crippen molar-refractivity contribution >= 4 is 33.8 Å². The zero-order chi connectivity index (χ0) is 15.1. The fraction of sp³-hybridized carbons (Fsp3) is 0.400. The minimum Gasteiger partial charge on any atom is -0.423 e. The second kappa shape index (κ2) is 5.24. The van der Waals surface area contributed by atoms with Gasteiger partial charge in [0.15, 0.2) is 5.58 Å². The number of oxazole rings is 1. The third kappa shape index (κ3) is 2.41.